The number of carboxylic acids is 1. The van der Waals surface area contributed by atoms with E-state index in [2.05, 4.69) is 0 Å². The van der Waals surface area contributed by atoms with E-state index in [1.54, 1.807) is 12.1 Å². The van der Waals surface area contributed by atoms with Crippen LogP contribution in [0.25, 0.3) is 6.08 Å². The van der Waals surface area contributed by atoms with Crippen molar-refractivity contribution in [3.63, 3.8) is 0 Å². The highest BCUT2D eigenvalue weighted by Crippen LogP contribution is 2.34. The first kappa shape index (κ1) is 13.6. The molecular weight excluding hydrogens is 266 g/mol. The number of rotatable bonds is 3. The molecule has 2 rings (SSSR count). The van der Waals surface area contributed by atoms with Crippen LogP contribution in [0.3, 0.4) is 0 Å². The van der Waals surface area contributed by atoms with Gasteiger partial charge in [0.1, 0.15) is 0 Å². The lowest BCUT2D eigenvalue weighted by Gasteiger charge is -2.21. The summed E-state index contributed by atoms with van der Waals surface area (Å²) in [5.74, 6) is -1.01. The number of benzene rings is 1. The van der Waals surface area contributed by atoms with Gasteiger partial charge in [-0.1, -0.05) is 6.07 Å². The predicted octanol–water partition coefficient (Wildman–Crippen LogP) is 1.50. The van der Waals surface area contributed by atoms with Crippen molar-refractivity contribution in [3.05, 3.63) is 35.4 Å². The Kier molecular flexibility index (Phi) is 3.36. The lowest BCUT2D eigenvalue weighted by Crippen LogP contribution is -2.34. The fraction of sp³-hybridized carbons (Fsp3) is 0.308. The fourth-order valence-electron chi connectivity index (χ4n) is 2.40. The SMILES string of the molecule is CC1Cc2cc(/C=C/C(=O)O)ccc2N1S(C)(=O)=O. The van der Waals surface area contributed by atoms with E-state index in [-0.39, 0.29) is 6.04 Å². The van der Waals surface area contributed by atoms with Crippen molar-refractivity contribution in [1.82, 2.24) is 0 Å². The largest absolute Gasteiger partial charge is 0.478 e. The molecule has 19 heavy (non-hydrogen) atoms. The van der Waals surface area contributed by atoms with E-state index in [1.807, 2.05) is 13.0 Å². The molecule has 1 heterocycles. The van der Waals surface area contributed by atoms with E-state index in [4.69, 9.17) is 5.11 Å². The van der Waals surface area contributed by atoms with Gasteiger partial charge in [0, 0.05) is 12.1 Å². The van der Waals surface area contributed by atoms with Crippen LogP contribution in [-0.4, -0.2) is 31.8 Å². The molecule has 1 aliphatic rings. The van der Waals surface area contributed by atoms with Crippen molar-refractivity contribution in [1.29, 1.82) is 0 Å². The molecule has 0 bridgehead atoms. The maximum absolute atomic E-state index is 11.7. The van der Waals surface area contributed by atoms with E-state index in [0.29, 0.717) is 12.1 Å². The van der Waals surface area contributed by atoms with Crippen LogP contribution in [0, 0.1) is 0 Å². The highest BCUT2D eigenvalue weighted by Gasteiger charge is 2.32. The van der Waals surface area contributed by atoms with Crippen molar-refractivity contribution in [2.75, 3.05) is 10.6 Å². The third kappa shape index (κ3) is 2.78. The fourth-order valence-corrected chi connectivity index (χ4v) is 3.66. The van der Waals surface area contributed by atoms with Gasteiger partial charge in [-0.15, -0.1) is 0 Å². The Labute approximate surface area is 112 Å². The van der Waals surface area contributed by atoms with Gasteiger partial charge in [-0.25, -0.2) is 13.2 Å². The number of anilines is 1. The van der Waals surface area contributed by atoms with Gasteiger partial charge in [0.25, 0.3) is 0 Å². The number of hydrogen-bond acceptors (Lipinski definition) is 3. The average Bonchev–Trinajstić information content (AvgIpc) is 2.60. The Bertz CT molecular complexity index is 649. The van der Waals surface area contributed by atoms with Gasteiger partial charge >= 0.3 is 5.97 Å². The molecule has 1 atom stereocenters. The van der Waals surface area contributed by atoms with E-state index < -0.39 is 16.0 Å². The lowest BCUT2D eigenvalue weighted by atomic mass is 10.1. The van der Waals surface area contributed by atoms with Crippen molar-refractivity contribution in [2.24, 2.45) is 0 Å². The van der Waals surface area contributed by atoms with E-state index in [1.165, 1.54) is 16.6 Å². The first-order chi connectivity index (χ1) is 8.79. The Morgan fingerprint density at radius 2 is 2.16 bits per heavy atom. The van der Waals surface area contributed by atoms with Gasteiger partial charge in [-0.3, -0.25) is 4.31 Å². The standard InChI is InChI=1S/C13H15NO4S/c1-9-7-11-8-10(4-6-13(15)16)3-5-12(11)14(9)19(2,17)18/h3-6,8-9H,7H2,1-2H3,(H,15,16)/b6-4+. The number of aliphatic carboxylic acids is 1. The van der Waals surface area contributed by atoms with Crippen LogP contribution in [0.5, 0.6) is 0 Å². The number of fused-ring (bicyclic) bond motifs is 1. The molecule has 0 aromatic heterocycles. The Morgan fingerprint density at radius 3 is 2.74 bits per heavy atom. The minimum Gasteiger partial charge on any atom is -0.478 e. The first-order valence-corrected chi connectivity index (χ1v) is 7.67. The second-order valence-corrected chi connectivity index (χ2v) is 6.53. The second-order valence-electron chi connectivity index (χ2n) is 4.67. The summed E-state index contributed by atoms with van der Waals surface area (Å²) in [6.45, 7) is 1.85. The van der Waals surface area contributed by atoms with Crippen molar-refractivity contribution >= 4 is 27.8 Å². The first-order valence-electron chi connectivity index (χ1n) is 5.82. The number of sulfonamides is 1. The summed E-state index contributed by atoms with van der Waals surface area (Å²) in [5.41, 5.74) is 2.36. The normalized spacial score (nSPS) is 18.8. The second kappa shape index (κ2) is 4.70. The maximum Gasteiger partial charge on any atom is 0.328 e. The third-order valence-corrected chi connectivity index (χ3v) is 4.30. The van der Waals surface area contributed by atoms with Crippen LogP contribution < -0.4 is 4.31 Å². The smallest absolute Gasteiger partial charge is 0.328 e. The minimum atomic E-state index is -3.28. The van der Waals surface area contributed by atoms with Crippen LogP contribution in [0.2, 0.25) is 0 Å². The van der Waals surface area contributed by atoms with Gasteiger partial charge in [-0.2, -0.15) is 0 Å². The van der Waals surface area contributed by atoms with E-state index >= 15 is 0 Å². The van der Waals surface area contributed by atoms with Crippen LogP contribution in [-0.2, 0) is 21.2 Å². The summed E-state index contributed by atoms with van der Waals surface area (Å²) in [6, 6.07) is 5.16. The van der Waals surface area contributed by atoms with Crippen molar-refractivity contribution in [2.45, 2.75) is 19.4 Å². The molecule has 0 saturated carbocycles. The topological polar surface area (TPSA) is 74.7 Å². The average molecular weight is 281 g/mol. The van der Waals surface area contributed by atoms with Crippen LogP contribution in [0.4, 0.5) is 5.69 Å². The van der Waals surface area contributed by atoms with Crippen LogP contribution >= 0.6 is 0 Å². The highest BCUT2D eigenvalue weighted by molar-refractivity contribution is 7.92. The molecule has 1 aliphatic heterocycles. The molecule has 102 valence electrons. The zero-order chi connectivity index (χ0) is 14.2. The molecule has 0 amide bonds. The predicted molar refractivity (Wildman–Crippen MR) is 73.6 cm³/mol. The zero-order valence-corrected chi connectivity index (χ0v) is 11.5. The molecule has 0 fully saturated rings. The molecule has 1 N–H and O–H groups in total. The summed E-state index contributed by atoms with van der Waals surface area (Å²) in [4.78, 5) is 10.5. The van der Waals surface area contributed by atoms with Crippen molar-refractivity contribution in [3.8, 4) is 0 Å². The maximum atomic E-state index is 11.7. The lowest BCUT2D eigenvalue weighted by molar-refractivity contribution is -0.131. The quantitative estimate of drug-likeness (QED) is 0.852. The molecule has 1 aromatic carbocycles. The number of nitrogens with zero attached hydrogens (tertiary/aromatic N) is 1. The van der Waals surface area contributed by atoms with E-state index in [0.717, 1.165) is 17.2 Å². The molecule has 0 radical (unpaired) electrons. The molecular formula is C13H15NO4S. The summed E-state index contributed by atoms with van der Waals surface area (Å²) < 4.78 is 24.9. The summed E-state index contributed by atoms with van der Waals surface area (Å²) in [6.07, 6.45) is 4.39. The van der Waals surface area contributed by atoms with Gasteiger partial charge in [0.2, 0.25) is 10.0 Å². The highest BCUT2D eigenvalue weighted by atomic mass is 32.2. The summed E-state index contributed by atoms with van der Waals surface area (Å²) in [5, 5.41) is 8.58. The molecule has 1 aromatic rings. The van der Waals surface area contributed by atoms with Crippen LogP contribution in [0.1, 0.15) is 18.1 Å². The van der Waals surface area contributed by atoms with Gasteiger partial charge < -0.3 is 5.11 Å². The number of hydrogen-bond donors (Lipinski definition) is 1. The van der Waals surface area contributed by atoms with Gasteiger partial charge in [-0.05, 0) is 42.7 Å². The zero-order valence-electron chi connectivity index (χ0n) is 10.7. The van der Waals surface area contributed by atoms with Gasteiger partial charge in [0.05, 0.1) is 11.9 Å². The molecule has 1 unspecified atom stereocenters. The molecule has 0 spiro atoms. The number of carbonyl (C=O) groups is 1. The molecule has 5 nitrogen and oxygen atoms in total. The molecule has 6 heteroatoms. The monoisotopic (exact) mass is 281 g/mol. The Hall–Kier alpha value is -1.82. The third-order valence-electron chi connectivity index (χ3n) is 3.03. The minimum absolute atomic E-state index is 0.108. The number of carboxylic acid groups (broad SMARTS) is 1. The summed E-state index contributed by atoms with van der Waals surface area (Å²) >= 11 is 0. The molecule has 0 aliphatic carbocycles. The van der Waals surface area contributed by atoms with Gasteiger partial charge in [0.15, 0.2) is 0 Å². The van der Waals surface area contributed by atoms with Crippen LogP contribution in [0.15, 0.2) is 24.3 Å². The Balaban J connectivity index is 2.40. The summed E-state index contributed by atoms with van der Waals surface area (Å²) in [7, 11) is -3.28. The Morgan fingerprint density at radius 1 is 1.47 bits per heavy atom. The van der Waals surface area contributed by atoms with E-state index in [9.17, 15) is 13.2 Å². The molecule has 0 saturated heterocycles. The van der Waals surface area contributed by atoms with Crippen molar-refractivity contribution < 1.29 is 18.3 Å².